The lowest BCUT2D eigenvalue weighted by atomic mass is 9.60. The summed E-state index contributed by atoms with van der Waals surface area (Å²) < 4.78 is 0. The normalized spacial score (nSPS) is 42.8. The molecular formula is C8H12. The van der Waals surface area contributed by atoms with Crippen molar-refractivity contribution in [1.82, 2.24) is 0 Å². The van der Waals surface area contributed by atoms with Gasteiger partial charge in [-0.25, -0.2) is 0 Å². The summed E-state index contributed by atoms with van der Waals surface area (Å²) in [7, 11) is 0. The molecule has 0 aromatic rings. The average molecular weight is 108 g/mol. The van der Waals surface area contributed by atoms with Crippen LogP contribution in [0.2, 0.25) is 0 Å². The molecule has 44 valence electrons. The fourth-order valence-electron chi connectivity index (χ4n) is 1.96. The molecule has 0 aromatic carbocycles. The SMILES string of the molecule is C[C@@H]1C2=C(CC2)[C@H]1C. The van der Waals surface area contributed by atoms with E-state index < -0.39 is 0 Å². The second-order valence-electron chi connectivity index (χ2n) is 3.13. The minimum Gasteiger partial charge on any atom is -0.0670 e. The highest BCUT2D eigenvalue weighted by Gasteiger charge is 2.38. The molecule has 2 aliphatic carbocycles. The number of hydrogen-bond acceptors (Lipinski definition) is 0. The van der Waals surface area contributed by atoms with Crippen molar-refractivity contribution in [2.24, 2.45) is 11.8 Å². The van der Waals surface area contributed by atoms with E-state index >= 15 is 0 Å². The van der Waals surface area contributed by atoms with E-state index in [4.69, 9.17) is 0 Å². The lowest BCUT2D eigenvalue weighted by Crippen LogP contribution is -2.32. The molecular weight excluding hydrogens is 96.1 g/mol. The van der Waals surface area contributed by atoms with E-state index in [9.17, 15) is 0 Å². The Hall–Kier alpha value is -0.260. The van der Waals surface area contributed by atoms with Crippen LogP contribution in [0.25, 0.3) is 0 Å². The molecule has 0 fully saturated rings. The Labute approximate surface area is 50.6 Å². The van der Waals surface area contributed by atoms with Crippen molar-refractivity contribution >= 4 is 0 Å². The lowest BCUT2D eigenvalue weighted by molar-refractivity contribution is 0.346. The molecule has 0 saturated heterocycles. The summed E-state index contributed by atoms with van der Waals surface area (Å²) in [6.07, 6.45) is 2.84. The predicted molar refractivity (Wildman–Crippen MR) is 34.6 cm³/mol. The van der Waals surface area contributed by atoms with E-state index in [1.54, 1.807) is 11.1 Å². The molecule has 0 aromatic heterocycles. The summed E-state index contributed by atoms with van der Waals surface area (Å²) in [6.45, 7) is 4.70. The van der Waals surface area contributed by atoms with Gasteiger partial charge >= 0.3 is 0 Å². The van der Waals surface area contributed by atoms with Gasteiger partial charge in [0.1, 0.15) is 0 Å². The van der Waals surface area contributed by atoms with Crippen LogP contribution in [0, 0.1) is 11.8 Å². The van der Waals surface area contributed by atoms with Crippen LogP contribution in [0.4, 0.5) is 0 Å². The van der Waals surface area contributed by atoms with E-state index in [0.29, 0.717) is 0 Å². The summed E-state index contributed by atoms with van der Waals surface area (Å²) in [5.74, 6) is 1.89. The van der Waals surface area contributed by atoms with E-state index in [1.807, 2.05) is 0 Å². The van der Waals surface area contributed by atoms with Gasteiger partial charge in [0, 0.05) is 0 Å². The third-order valence-electron chi connectivity index (χ3n) is 2.93. The maximum atomic E-state index is 2.35. The van der Waals surface area contributed by atoms with Crippen LogP contribution in [0.15, 0.2) is 11.1 Å². The van der Waals surface area contributed by atoms with Gasteiger partial charge in [0.15, 0.2) is 0 Å². The van der Waals surface area contributed by atoms with Crippen LogP contribution in [0.1, 0.15) is 26.7 Å². The van der Waals surface area contributed by atoms with Gasteiger partial charge in [-0.3, -0.25) is 0 Å². The monoisotopic (exact) mass is 108 g/mol. The van der Waals surface area contributed by atoms with Crippen molar-refractivity contribution in [2.45, 2.75) is 26.7 Å². The Morgan fingerprint density at radius 2 is 1.38 bits per heavy atom. The van der Waals surface area contributed by atoms with E-state index in [-0.39, 0.29) is 0 Å². The Bertz CT molecular complexity index is 135. The molecule has 0 radical (unpaired) electrons. The molecule has 0 nitrogen and oxygen atoms in total. The Balaban J connectivity index is 2.29. The van der Waals surface area contributed by atoms with Crippen molar-refractivity contribution < 1.29 is 0 Å². The van der Waals surface area contributed by atoms with Gasteiger partial charge in [-0.1, -0.05) is 25.0 Å². The van der Waals surface area contributed by atoms with Crippen LogP contribution in [-0.4, -0.2) is 0 Å². The van der Waals surface area contributed by atoms with Gasteiger partial charge in [0.25, 0.3) is 0 Å². The van der Waals surface area contributed by atoms with Crippen LogP contribution in [-0.2, 0) is 0 Å². The fraction of sp³-hybridized carbons (Fsp3) is 0.750. The van der Waals surface area contributed by atoms with E-state index in [1.165, 1.54) is 12.8 Å². The van der Waals surface area contributed by atoms with Crippen LogP contribution >= 0.6 is 0 Å². The molecule has 0 spiro atoms. The first-order chi connectivity index (χ1) is 3.80. The molecule has 8 heavy (non-hydrogen) atoms. The maximum Gasteiger partial charge on any atom is -0.0166 e. The zero-order valence-electron chi connectivity index (χ0n) is 5.57. The summed E-state index contributed by atoms with van der Waals surface area (Å²) >= 11 is 0. The predicted octanol–water partition coefficient (Wildman–Crippen LogP) is 2.36. The van der Waals surface area contributed by atoms with Crippen molar-refractivity contribution in [3.8, 4) is 0 Å². The van der Waals surface area contributed by atoms with Crippen molar-refractivity contribution in [3.05, 3.63) is 11.1 Å². The smallest absolute Gasteiger partial charge is 0.0166 e. The molecule has 0 saturated carbocycles. The van der Waals surface area contributed by atoms with Gasteiger partial charge in [-0.15, -0.1) is 0 Å². The topological polar surface area (TPSA) is 0 Å². The molecule has 0 aliphatic heterocycles. The molecule has 0 unspecified atom stereocenters. The largest absolute Gasteiger partial charge is 0.0670 e. The Morgan fingerprint density at radius 3 is 1.50 bits per heavy atom. The Morgan fingerprint density at radius 1 is 1.00 bits per heavy atom. The van der Waals surface area contributed by atoms with Crippen molar-refractivity contribution in [3.63, 3.8) is 0 Å². The molecule has 2 rings (SSSR count). The van der Waals surface area contributed by atoms with Gasteiger partial charge in [-0.2, -0.15) is 0 Å². The molecule has 0 heteroatoms. The lowest BCUT2D eigenvalue weighted by Gasteiger charge is -2.45. The summed E-state index contributed by atoms with van der Waals surface area (Å²) in [4.78, 5) is 0. The van der Waals surface area contributed by atoms with Crippen molar-refractivity contribution in [1.29, 1.82) is 0 Å². The quantitative estimate of drug-likeness (QED) is 0.418. The van der Waals surface area contributed by atoms with Crippen LogP contribution < -0.4 is 0 Å². The molecule has 0 heterocycles. The highest BCUT2D eigenvalue weighted by molar-refractivity contribution is 5.38. The fourth-order valence-corrected chi connectivity index (χ4v) is 1.96. The molecule has 0 bridgehead atoms. The number of hydrogen-bond donors (Lipinski definition) is 0. The van der Waals surface area contributed by atoms with Gasteiger partial charge in [0.05, 0.1) is 0 Å². The van der Waals surface area contributed by atoms with Gasteiger partial charge in [-0.05, 0) is 24.7 Å². The first-order valence-electron chi connectivity index (χ1n) is 3.52. The zero-order valence-corrected chi connectivity index (χ0v) is 5.57. The Kier molecular flexibility index (Phi) is 0.677. The third-order valence-corrected chi connectivity index (χ3v) is 2.93. The number of rotatable bonds is 0. The average Bonchev–Trinajstić information content (AvgIpc) is 1.64. The minimum absolute atomic E-state index is 0.943. The summed E-state index contributed by atoms with van der Waals surface area (Å²) in [5, 5.41) is 0. The first kappa shape index (κ1) is 4.60. The van der Waals surface area contributed by atoms with Gasteiger partial charge in [0.2, 0.25) is 0 Å². The van der Waals surface area contributed by atoms with Gasteiger partial charge < -0.3 is 0 Å². The maximum absolute atomic E-state index is 2.35. The third kappa shape index (κ3) is 0.300. The molecule has 0 N–H and O–H groups in total. The van der Waals surface area contributed by atoms with Crippen molar-refractivity contribution in [2.75, 3.05) is 0 Å². The summed E-state index contributed by atoms with van der Waals surface area (Å²) in [6, 6.07) is 0. The second kappa shape index (κ2) is 1.18. The van der Waals surface area contributed by atoms with Crippen LogP contribution in [0.3, 0.4) is 0 Å². The number of allylic oxidation sites excluding steroid dienone is 2. The van der Waals surface area contributed by atoms with Crippen LogP contribution in [0.5, 0.6) is 0 Å². The zero-order chi connectivity index (χ0) is 5.72. The molecule has 2 aliphatic rings. The van der Waals surface area contributed by atoms with E-state index in [2.05, 4.69) is 13.8 Å². The highest BCUT2D eigenvalue weighted by Crippen LogP contribution is 2.52. The minimum atomic E-state index is 0.943. The van der Waals surface area contributed by atoms with E-state index in [0.717, 1.165) is 11.8 Å². The highest BCUT2D eigenvalue weighted by atomic mass is 14.4. The summed E-state index contributed by atoms with van der Waals surface area (Å²) in [5.41, 5.74) is 3.58. The molecule has 2 atom stereocenters. The first-order valence-corrected chi connectivity index (χ1v) is 3.52. The second-order valence-corrected chi connectivity index (χ2v) is 3.13. The molecule has 0 amide bonds. The standard InChI is InChI=1S/C8H12/c1-5-6(2)8-4-3-7(5)8/h5-6H,3-4H2,1-2H3/t5-,6-/m0/s1.